The fourth-order valence-corrected chi connectivity index (χ4v) is 4.04. The summed E-state index contributed by atoms with van der Waals surface area (Å²) in [6.07, 6.45) is 0.799. The molecule has 4 rings (SSSR count). The molecule has 34 heavy (non-hydrogen) atoms. The Morgan fingerprint density at radius 2 is 1.94 bits per heavy atom. The van der Waals surface area contributed by atoms with Crippen molar-refractivity contribution < 1.29 is 27.1 Å². The maximum atomic E-state index is 14.2. The summed E-state index contributed by atoms with van der Waals surface area (Å²) in [7, 11) is 0. The number of carbonyl (C=O) groups excluding carboxylic acids is 1. The lowest BCUT2D eigenvalue weighted by molar-refractivity contribution is -0.138. The topological polar surface area (TPSA) is 68.2 Å². The van der Waals surface area contributed by atoms with Crippen molar-refractivity contribution in [1.29, 1.82) is 0 Å². The van der Waals surface area contributed by atoms with Crippen molar-refractivity contribution in [2.75, 3.05) is 6.54 Å². The number of carbonyl (C=O) groups is 1. The van der Waals surface area contributed by atoms with Gasteiger partial charge in [-0.15, -0.1) is 0 Å². The van der Waals surface area contributed by atoms with Gasteiger partial charge < -0.3 is 4.74 Å². The molecule has 0 aliphatic carbocycles. The number of halogens is 4. The molecule has 0 N–H and O–H groups in total. The highest BCUT2D eigenvalue weighted by Gasteiger charge is 2.34. The van der Waals surface area contributed by atoms with Crippen molar-refractivity contribution in [3.05, 3.63) is 71.4 Å². The number of nitrogens with zero attached hydrogens (tertiary/aromatic N) is 4. The molecule has 1 fully saturated rings. The van der Waals surface area contributed by atoms with Crippen LogP contribution in [0.25, 0.3) is 11.4 Å². The summed E-state index contributed by atoms with van der Waals surface area (Å²) in [4.78, 5) is 25.7. The van der Waals surface area contributed by atoms with Crippen LogP contribution < -0.4 is 4.74 Å². The molecule has 10 heteroatoms. The standard InChI is InChI=1S/C24H22F4N4O2/c1-15-21(34-23-20(25)11-18(12-31-23)24(26,27)28)4-2-9-32(15)13-16-5-6-17(14-33)19(10-16)22-29-7-3-8-30-22/h3,5-8,10-12,14-15,21H,2,4,9,13H2,1H3/t15-,21+/m0/s1. The van der Waals surface area contributed by atoms with E-state index in [1.807, 2.05) is 19.1 Å². The smallest absolute Gasteiger partial charge is 0.417 e. The lowest BCUT2D eigenvalue weighted by Gasteiger charge is -2.39. The van der Waals surface area contributed by atoms with Crippen LogP contribution in [0, 0.1) is 5.82 Å². The van der Waals surface area contributed by atoms with Crippen molar-refractivity contribution in [1.82, 2.24) is 19.9 Å². The van der Waals surface area contributed by atoms with E-state index in [1.54, 1.807) is 24.5 Å². The maximum absolute atomic E-state index is 14.2. The number of aromatic nitrogens is 3. The molecular weight excluding hydrogens is 452 g/mol. The molecule has 2 aromatic heterocycles. The summed E-state index contributed by atoms with van der Waals surface area (Å²) in [6, 6.07) is 7.38. The van der Waals surface area contributed by atoms with E-state index < -0.39 is 29.5 Å². The normalized spacial score (nSPS) is 19.1. The highest BCUT2D eigenvalue weighted by Crippen LogP contribution is 2.32. The minimum atomic E-state index is -4.68. The molecule has 0 radical (unpaired) electrons. The Morgan fingerprint density at radius 1 is 1.18 bits per heavy atom. The minimum Gasteiger partial charge on any atom is -0.471 e. The van der Waals surface area contributed by atoms with Gasteiger partial charge in [-0.1, -0.05) is 12.1 Å². The number of hydrogen-bond donors (Lipinski definition) is 0. The zero-order valence-corrected chi connectivity index (χ0v) is 18.3. The first kappa shape index (κ1) is 23.7. The summed E-state index contributed by atoms with van der Waals surface area (Å²) < 4.78 is 58.3. The van der Waals surface area contributed by atoms with Gasteiger partial charge in [-0.3, -0.25) is 9.69 Å². The predicted octanol–water partition coefficient (Wildman–Crippen LogP) is 4.94. The molecule has 0 amide bonds. The fraction of sp³-hybridized carbons (Fsp3) is 0.333. The van der Waals surface area contributed by atoms with E-state index in [0.717, 1.165) is 24.8 Å². The van der Waals surface area contributed by atoms with Gasteiger partial charge in [0, 0.05) is 42.3 Å². The number of pyridine rings is 1. The van der Waals surface area contributed by atoms with Crippen LogP contribution in [0.4, 0.5) is 17.6 Å². The number of benzene rings is 1. The van der Waals surface area contributed by atoms with Gasteiger partial charge >= 0.3 is 6.18 Å². The fourth-order valence-electron chi connectivity index (χ4n) is 4.04. The predicted molar refractivity (Wildman–Crippen MR) is 116 cm³/mol. The lowest BCUT2D eigenvalue weighted by Crippen LogP contribution is -2.48. The average molecular weight is 474 g/mol. The largest absolute Gasteiger partial charge is 0.471 e. The van der Waals surface area contributed by atoms with Gasteiger partial charge in [0.05, 0.1) is 5.56 Å². The zero-order chi connectivity index (χ0) is 24.3. The van der Waals surface area contributed by atoms with Gasteiger partial charge in [0.1, 0.15) is 6.10 Å². The van der Waals surface area contributed by atoms with Crippen molar-refractivity contribution in [2.45, 2.75) is 44.6 Å². The third-order valence-electron chi connectivity index (χ3n) is 5.88. The molecule has 1 aromatic carbocycles. The van der Waals surface area contributed by atoms with Crippen LogP contribution in [0.3, 0.4) is 0 Å². The molecule has 1 saturated heterocycles. The van der Waals surface area contributed by atoms with E-state index in [-0.39, 0.29) is 6.04 Å². The van der Waals surface area contributed by atoms with Gasteiger partial charge in [0.25, 0.3) is 5.88 Å². The van der Waals surface area contributed by atoms with Crippen LogP contribution >= 0.6 is 0 Å². The van der Waals surface area contributed by atoms with E-state index in [1.165, 1.54) is 0 Å². The average Bonchev–Trinajstić information content (AvgIpc) is 2.82. The minimum absolute atomic E-state index is 0.153. The molecule has 0 unspecified atom stereocenters. The summed E-state index contributed by atoms with van der Waals surface area (Å²) >= 11 is 0. The monoisotopic (exact) mass is 474 g/mol. The second-order valence-corrected chi connectivity index (χ2v) is 8.13. The van der Waals surface area contributed by atoms with Crippen LogP contribution in [-0.2, 0) is 12.7 Å². The van der Waals surface area contributed by atoms with E-state index in [4.69, 9.17) is 4.74 Å². The highest BCUT2D eigenvalue weighted by atomic mass is 19.4. The maximum Gasteiger partial charge on any atom is 0.417 e. The Balaban J connectivity index is 1.50. The molecule has 3 heterocycles. The first-order chi connectivity index (χ1) is 16.3. The summed E-state index contributed by atoms with van der Waals surface area (Å²) in [5.74, 6) is -1.13. The lowest BCUT2D eigenvalue weighted by atomic mass is 9.98. The van der Waals surface area contributed by atoms with Crippen LogP contribution in [0.15, 0.2) is 48.9 Å². The Hall–Kier alpha value is -3.40. The first-order valence-corrected chi connectivity index (χ1v) is 10.7. The number of rotatable bonds is 6. The number of alkyl halides is 3. The van der Waals surface area contributed by atoms with Gasteiger partial charge in [-0.2, -0.15) is 13.2 Å². The highest BCUT2D eigenvalue weighted by molar-refractivity contribution is 5.85. The molecule has 0 spiro atoms. The molecule has 178 valence electrons. The molecule has 6 nitrogen and oxygen atoms in total. The van der Waals surface area contributed by atoms with Gasteiger partial charge in [0.15, 0.2) is 17.9 Å². The molecule has 3 aromatic rings. The number of likely N-dealkylation sites (tertiary alicyclic amines) is 1. The van der Waals surface area contributed by atoms with E-state index in [0.29, 0.717) is 42.2 Å². The zero-order valence-electron chi connectivity index (χ0n) is 18.3. The van der Waals surface area contributed by atoms with Crippen LogP contribution in [0.5, 0.6) is 5.88 Å². The summed E-state index contributed by atoms with van der Waals surface area (Å²) in [5.41, 5.74) is 0.875. The Bertz CT molecular complexity index is 1160. The van der Waals surface area contributed by atoms with Crippen molar-refractivity contribution in [2.24, 2.45) is 0 Å². The van der Waals surface area contributed by atoms with E-state index in [9.17, 15) is 22.4 Å². The second kappa shape index (κ2) is 9.84. The quantitative estimate of drug-likeness (QED) is 0.372. The molecule has 2 atom stereocenters. The molecule has 0 bridgehead atoms. The van der Waals surface area contributed by atoms with Crippen molar-refractivity contribution >= 4 is 6.29 Å². The van der Waals surface area contributed by atoms with Gasteiger partial charge in [0.2, 0.25) is 0 Å². The van der Waals surface area contributed by atoms with Gasteiger partial charge in [-0.25, -0.2) is 19.3 Å². The van der Waals surface area contributed by atoms with Crippen LogP contribution in [0.2, 0.25) is 0 Å². The summed E-state index contributed by atoms with van der Waals surface area (Å²) in [5, 5.41) is 0. The summed E-state index contributed by atoms with van der Waals surface area (Å²) in [6.45, 7) is 3.21. The Labute approximate surface area is 193 Å². The molecule has 1 aliphatic rings. The SMILES string of the molecule is C[C@H]1[C@H](Oc2ncc(C(F)(F)F)cc2F)CCCN1Cc1ccc(C=O)c(-c2ncccn2)c1. The Morgan fingerprint density at radius 3 is 2.62 bits per heavy atom. The number of ether oxygens (including phenoxy) is 1. The van der Waals surface area contributed by atoms with Crippen molar-refractivity contribution in [3.8, 4) is 17.3 Å². The number of piperidine rings is 1. The first-order valence-electron chi connectivity index (χ1n) is 10.7. The third kappa shape index (κ3) is 5.22. The van der Waals surface area contributed by atoms with Crippen LogP contribution in [0.1, 0.15) is 41.3 Å². The number of aldehydes is 1. The molecular formula is C24H22F4N4O2. The Kier molecular flexibility index (Phi) is 6.87. The third-order valence-corrected chi connectivity index (χ3v) is 5.88. The number of hydrogen-bond acceptors (Lipinski definition) is 6. The second-order valence-electron chi connectivity index (χ2n) is 8.13. The van der Waals surface area contributed by atoms with E-state index >= 15 is 0 Å². The molecule has 0 saturated carbocycles. The van der Waals surface area contributed by atoms with Crippen LogP contribution in [-0.4, -0.2) is 44.8 Å². The molecule has 1 aliphatic heterocycles. The van der Waals surface area contributed by atoms with Crippen molar-refractivity contribution in [3.63, 3.8) is 0 Å². The van der Waals surface area contributed by atoms with Gasteiger partial charge in [-0.05, 0) is 50.1 Å². The van der Waals surface area contributed by atoms with E-state index in [2.05, 4.69) is 19.9 Å².